The lowest BCUT2D eigenvalue weighted by Gasteiger charge is -2.30. The van der Waals surface area contributed by atoms with Crippen molar-refractivity contribution >= 4 is 0 Å². The Morgan fingerprint density at radius 3 is 2.19 bits per heavy atom. The first-order valence-corrected chi connectivity index (χ1v) is 8.53. The Kier molecular flexibility index (Phi) is 4.75. The molecule has 1 aliphatic carbocycles. The van der Waals surface area contributed by atoms with E-state index in [-0.39, 0.29) is 0 Å². The molecular weight excluding hydrogens is 252 g/mol. The molecule has 0 bridgehead atoms. The highest BCUT2D eigenvalue weighted by molar-refractivity contribution is 5.68. The number of hydrogen-bond donors (Lipinski definition) is 0. The van der Waals surface area contributed by atoms with Gasteiger partial charge in [-0.25, -0.2) is 0 Å². The van der Waals surface area contributed by atoms with E-state index in [1.165, 1.54) is 49.7 Å². The molecule has 0 aliphatic heterocycles. The van der Waals surface area contributed by atoms with E-state index >= 15 is 0 Å². The van der Waals surface area contributed by atoms with Gasteiger partial charge in [0.2, 0.25) is 0 Å². The summed E-state index contributed by atoms with van der Waals surface area (Å²) in [5.74, 6) is 1.74. The van der Waals surface area contributed by atoms with Crippen LogP contribution in [0.5, 0.6) is 0 Å². The van der Waals surface area contributed by atoms with Gasteiger partial charge in [0.25, 0.3) is 0 Å². The third kappa shape index (κ3) is 3.37. The van der Waals surface area contributed by atoms with Crippen molar-refractivity contribution in [1.29, 1.82) is 0 Å². The van der Waals surface area contributed by atoms with Gasteiger partial charge >= 0.3 is 0 Å². The maximum absolute atomic E-state index is 2.35. The first kappa shape index (κ1) is 14.4. The van der Waals surface area contributed by atoms with Crippen LogP contribution in [0.25, 0.3) is 11.1 Å². The first-order valence-electron chi connectivity index (χ1n) is 8.53. The lowest BCUT2D eigenvalue weighted by Crippen LogP contribution is -2.13. The Morgan fingerprint density at radius 1 is 0.810 bits per heavy atom. The van der Waals surface area contributed by atoms with Crippen LogP contribution in [-0.2, 0) is 0 Å². The largest absolute Gasteiger partial charge is 0.0654 e. The van der Waals surface area contributed by atoms with Gasteiger partial charge in [-0.15, -0.1) is 0 Å². The highest BCUT2D eigenvalue weighted by Crippen LogP contribution is 2.40. The predicted octanol–water partition coefficient (Wildman–Crippen LogP) is 6.43. The van der Waals surface area contributed by atoms with Crippen LogP contribution in [0, 0.1) is 5.92 Å². The normalized spacial score (nSPS) is 22.1. The Hall–Kier alpha value is -1.56. The van der Waals surface area contributed by atoms with Crippen LogP contribution in [0.1, 0.15) is 56.9 Å². The molecule has 0 atom stereocenters. The second-order valence-corrected chi connectivity index (χ2v) is 6.46. The lowest BCUT2D eigenvalue weighted by molar-refractivity contribution is 0.308. The molecule has 1 saturated carbocycles. The fraction of sp³-hybridized carbons (Fsp3) is 0.429. The Labute approximate surface area is 129 Å². The summed E-state index contributed by atoms with van der Waals surface area (Å²) in [5.41, 5.74) is 4.37. The smallest absolute Gasteiger partial charge is 0.0149 e. The average Bonchev–Trinajstić information content (AvgIpc) is 2.57. The number of hydrogen-bond acceptors (Lipinski definition) is 0. The Bertz CT molecular complexity index is 547. The van der Waals surface area contributed by atoms with Crippen LogP contribution >= 0.6 is 0 Å². The van der Waals surface area contributed by atoms with Crippen molar-refractivity contribution in [2.75, 3.05) is 0 Å². The standard InChI is InChI=1S/C21H26/c1-2-8-17-13-15-19(16-14-17)21-12-7-6-11-20(21)18-9-4-3-5-10-18/h3-7,9-12,17,19H,2,8,13-16H2,1H3/t17-,19-. The number of rotatable bonds is 4. The van der Waals surface area contributed by atoms with Gasteiger partial charge in [-0.3, -0.25) is 0 Å². The monoisotopic (exact) mass is 278 g/mol. The molecule has 0 heteroatoms. The SMILES string of the molecule is CCC[C@H]1CC[C@H](c2ccccc2-c2ccccc2)CC1. The van der Waals surface area contributed by atoms with E-state index in [1.54, 1.807) is 5.56 Å². The summed E-state index contributed by atoms with van der Waals surface area (Å²) in [6.45, 7) is 2.32. The second-order valence-electron chi connectivity index (χ2n) is 6.46. The zero-order chi connectivity index (χ0) is 14.5. The molecule has 0 aromatic heterocycles. The Morgan fingerprint density at radius 2 is 1.48 bits per heavy atom. The van der Waals surface area contributed by atoms with Crippen molar-refractivity contribution in [2.24, 2.45) is 5.92 Å². The topological polar surface area (TPSA) is 0 Å². The van der Waals surface area contributed by atoms with Crippen LogP contribution in [0.2, 0.25) is 0 Å². The summed E-state index contributed by atoms with van der Waals surface area (Å²) in [7, 11) is 0. The second kappa shape index (κ2) is 6.93. The van der Waals surface area contributed by atoms with E-state index < -0.39 is 0 Å². The first-order chi connectivity index (χ1) is 10.4. The average molecular weight is 278 g/mol. The molecule has 0 heterocycles. The van der Waals surface area contributed by atoms with Crippen LogP contribution in [-0.4, -0.2) is 0 Å². The van der Waals surface area contributed by atoms with E-state index in [9.17, 15) is 0 Å². The molecule has 1 aliphatic rings. The van der Waals surface area contributed by atoms with Crippen molar-refractivity contribution in [3.8, 4) is 11.1 Å². The highest BCUT2D eigenvalue weighted by atomic mass is 14.3. The molecule has 0 saturated heterocycles. The zero-order valence-electron chi connectivity index (χ0n) is 13.1. The quantitative estimate of drug-likeness (QED) is 0.604. The van der Waals surface area contributed by atoms with Crippen molar-refractivity contribution in [3.63, 3.8) is 0 Å². The van der Waals surface area contributed by atoms with Gasteiger partial charge in [0, 0.05) is 0 Å². The third-order valence-electron chi connectivity index (χ3n) is 5.03. The molecule has 0 amide bonds. The Balaban J connectivity index is 1.81. The van der Waals surface area contributed by atoms with E-state index in [4.69, 9.17) is 0 Å². The summed E-state index contributed by atoms with van der Waals surface area (Å²) < 4.78 is 0. The van der Waals surface area contributed by atoms with E-state index in [1.807, 2.05) is 0 Å². The van der Waals surface area contributed by atoms with Crippen LogP contribution < -0.4 is 0 Å². The predicted molar refractivity (Wildman–Crippen MR) is 91.5 cm³/mol. The molecule has 110 valence electrons. The van der Waals surface area contributed by atoms with Crippen molar-refractivity contribution in [1.82, 2.24) is 0 Å². The van der Waals surface area contributed by atoms with Gasteiger partial charge in [0.15, 0.2) is 0 Å². The summed E-state index contributed by atoms with van der Waals surface area (Å²) in [6, 6.07) is 19.9. The minimum absolute atomic E-state index is 0.759. The molecule has 0 nitrogen and oxygen atoms in total. The minimum Gasteiger partial charge on any atom is -0.0654 e. The minimum atomic E-state index is 0.759. The maximum atomic E-state index is 2.35. The molecule has 0 unspecified atom stereocenters. The molecule has 3 rings (SSSR count). The van der Waals surface area contributed by atoms with Crippen LogP contribution in [0.15, 0.2) is 54.6 Å². The van der Waals surface area contributed by atoms with Gasteiger partial charge < -0.3 is 0 Å². The molecule has 21 heavy (non-hydrogen) atoms. The third-order valence-corrected chi connectivity index (χ3v) is 5.03. The molecule has 2 aromatic rings. The molecule has 0 spiro atoms. The summed E-state index contributed by atoms with van der Waals surface area (Å²) in [6.07, 6.45) is 8.34. The maximum Gasteiger partial charge on any atom is -0.0149 e. The van der Waals surface area contributed by atoms with Gasteiger partial charge in [-0.2, -0.15) is 0 Å². The van der Waals surface area contributed by atoms with Gasteiger partial charge in [0.05, 0.1) is 0 Å². The van der Waals surface area contributed by atoms with Gasteiger partial charge in [-0.1, -0.05) is 74.4 Å². The lowest BCUT2D eigenvalue weighted by atomic mass is 9.75. The van der Waals surface area contributed by atoms with Crippen LogP contribution in [0.3, 0.4) is 0 Å². The fourth-order valence-corrected chi connectivity index (χ4v) is 3.90. The van der Waals surface area contributed by atoms with E-state index in [0.29, 0.717) is 0 Å². The van der Waals surface area contributed by atoms with E-state index in [2.05, 4.69) is 61.5 Å². The van der Waals surface area contributed by atoms with Gasteiger partial charge in [0.1, 0.15) is 0 Å². The molecule has 0 radical (unpaired) electrons. The van der Waals surface area contributed by atoms with Crippen LogP contribution in [0.4, 0.5) is 0 Å². The fourth-order valence-electron chi connectivity index (χ4n) is 3.90. The molecule has 1 fully saturated rings. The van der Waals surface area contributed by atoms with Gasteiger partial charge in [-0.05, 0) is 54.2 Å². The summed E-state index contributed by atoms with van der Waals surface area (Å²) in [5, 5.41) is 0. The van der Waals surface area contributed by atoms with Crippen molar-refractivity contribution in [3.05, 3.63) is 60.2 Å². The van der Waals surface area contributed by atoms with Crippen molar-refractivity contribution in [2.45, 2.75) is 51.4 Å². The molecule has 2 aromatic carbocycles. The number of benzene rings is 2. The van der Waals surface area contributed by atoms with Crippen molar-refractivity contribution < 1.29 is 0 Å². The molecular formula is C21H26. The zero-order valence-corrected chi connectivity index (χ0v) is 13.1. The molecule has 0 N–H and O–H groups in total. The van der Waals surface area contributed by atoms with E-state index in [0.717, 1.165) is 11.8 Å². The summed E-state index contributed by atoms with van der Waals surface area (Å²) >= 11 is 0. The highest BCUT2D eigenvalue weighted by Gasteiger charge is 2.23. The summed E-state index contributed by atoms with van der Waals surface area (Å²) in [4.78, 5) is 0.